The molecule has 2 rings (SSSR count). The van der Waals surface area contributed by atoms with Crippen molar-refractivity contribution in [1.29, 1.82) is 0 Å². The smallest absolute Gasteiger partial charge is 0.257 e. The Balaban J connectivity index is 2.08. The fourth-order valence-corrected chi connectivity index (χ4v) is 2.63. The second-order valence-electron chi connectivity index (χ2n) is 4.93. The molecule has 102 valence electrons. The number of rotatable bonds is 4. The lowest BCUT2D eigenvalue weighted by Gasteiger charge is -2.41. The van der Waals surface area contributed by atoms with Crippen molar-refractivity contribution in [3.63, 3.8) is 0 Å². The SMILES string of the molecule is CN1CC(N(C)Cc2cc(S(N)(=O)=O)nn2C)C1. The topological polar surface area (TPSA) is 84.5 Å². The van der Waals surface area contributed by atoms with E-state index in [-0.39, 0.29) is 5.03 Å². The molecule has 1 aromatic rings. The van der Waals surface area contributed by atoms with Crippen LogP contribution in [0.2, 0.25) is 0 Å². The summed E-state index contributed by atoms with van der Waals surface area (Å²) in [7, 11) is 2.11. The highest BCUT2D eigenvalue weighted by Crippen LogP contribution is 2.15. The Bertz CT molecular complexity index is 532. The first-order valence-electron chi connectivity index (χ1n) is 5.72. The van der Waals surface area contributed by atoms with Crippen molar-refractivity contribution in [3.8, 4) is 0 Å². The van der Waals surface area contributed by atoms with E-state index in [2.05, 4.69) is 21.9 Å². The summed E-state index contributed by atoms with van der Waals surface area (Å²) < 4.78 is 24.0. The van der Waals surface area contributed by atoms with Gasteiger partial charge in [0, 0.05) is 38.8 Å². The first kappa shape index (κ1) is 13.5. The van der Waals surface area contributed by atoms with E-state index in [0.29, 0.717) is 12.6 Å². The molecule has 18 heavy (non-hydrogen) atoms. The lowest BCUT2D eigenvalue weighted by atomic mass is 10.1. The first-order chi connectivity index (χ1) is 8.27. The summed E-state index contributed by atoms with van der Waals surface area (Å²) in [5.41, 5.74) is 0.844. The highest BCUT2D eigenvalue weighted by atomic mass is 32.2. The van der Waals surface area contributed by atoms with Gasteiger partial charge in [-0.25, -0.2) is 13.6 Å². The van der Waals surface area contributed by atoms with Gasteiger partial charge in [-0.3, -0.25) is 9.58 Å². The van der Waals surface area contributed by atoms with E-state index in [0.717, 1.165) is 18.8 Å². The Hall–Kier alpha value is -0.960. The number of likely N-dealkylation sites (N-methyl/N-ethyl adjacent to an activating group) is 2. The maximum Gasteiger partial charge on any atom is 0.257 e. The Morgan fingerprint density at radius 3 is 2.56 bits per heavy atom. The summed E-state index contributed by atoms with van der Waals surface area (Å²) in [4.78, 5) is 4.43. The number of primary sulfonamides is 1. The summed E-state index contributed by atoms with van der Waals surface area (Å²) in [6.45, 7) is 2.74. The standard InChI is InChI=1S/C10H19N5O2S/c1-13-5-9(6-13)14(2)7-8-4-10(12-15(8)3)18(11,16)17/h4,9H,5-7H2,1-3H3,(H2,11,16,17). The molecule has 0 bridgehead atoms. The molecular formula is C10H19N5O2S. The molecule has 0 unspecified atom stereocenters. The average molecular weight is 273 g/mol. The van der Waals surface area contributed by atoms with Gasteiger partial charge in [0.05, 0.1) is 5.69 Å². The molecule has 2 N–H and O–H groups in total. The lowest BCUT2D eigenvalue weighted by Crippen LogP contribution is -2.56. The molecule has 0 atom stereocenters. The van der Waals surface area contributed by atoms with Crippen LogP contribution in [0.3, 0.4) is 0 Å². The van der Waals surface area contributed by atoms with Gasteiger partial charge in [-0.05, 0) is 14.1 Å². The molecule has 0 aromatic carbocycles. The van der Waals surface area contributed by atoms with E-state index in [1.807, 2.05) is 7.05 Å². The highest BCUT2D eigenvalue weighted by Gasteiger charge is 2.27. The molecule has 1 fully saturated rings. The van der Waals surface area contributed by atoms with Gasteiger partial charge >= 0.3 is 0 Å². The normalized spacial score (nSPS) is 18.3. The van der Waals surface area contributed by atoms with Crippen molar-refractivity contribution in [2.75, 3.05) is 27.2 Å². The molecule has 1 saturated heterocycles. The second kappa shape index (κ2) is 4.61. The quantitative estimate of drug-likeness (QED) is 0.746. The molecule has 0 aliphatic carbocycles. The van der Waals surface area contributed by atoms with Gasteiger partial charge in [-0.2, -0.15) is 5.10 Å². The largest absolute Gasteiger partial charge is 0.303 e. The number of hydrogen-bond donors (Lipinski definition) is 1. The molecule has 0 saturated carbocycles. The third-order valence-corrected chi connectivity index (χ3v) is 4.11. The van der Waals surface area contributed by atoms with Crippen LogP contribution in [0.25, 0.3) is 0 Å². The van der Waals surface area contributed by atoms with Crippen LogP contribution in [0.15, 0.2) is 11.1 Å². The monoisotopic (exact) mass is 273 g/mol. The molecule has 2 heterocycles. The molecule has 1 aliphatic heterocycles. The summed E-state index contributed by atoms with van der Waals surface area (Å²) in [6.07, 6.45) is 0. The maximum absolute atomic E-state index is 11.2. The van der Waals surface area contributed by atoms with Crippen molar-refractivity contribution in [1.82, 2.24) is 19.6 Å². The Morgan fingerprint density at radius 1 is 1.50 bits per heavy atom. The fourth-order valence-electron chi connectivity index (χ4n) is 2.09. The van der Waals surface area contributed by atoms with Crippen LogP contribution in [0, 0.1) is 0 Å². The van der Waals surface area contributed by atoms with Gasteiger partial charge in [-0.1, -0.05) is 0 Å². The lowest BCUT2D eigenvalue weighted by molar-refractivity contribution is 0.0644. The molecule has 8 heteroatoms. The van der Waals surface area contributed by atoms with Gasteiger partial charge in [-0.15, -0.1) is 0 Å². The van der Waals surface area contributed by atoms with Crippen LogP contribution >= 0.6 is 0 Å². The zero-order valence-electron chi connectivity index (χ0n) is 10.9. The maximum atomic E-state index is 11.2. The Kier molecular flexibility index (Phi) is 3.45. The predicted octanol–water partition coefficient (Wildman–Crippen LogP) is -1.19. The molecule has 0 amide bonds. The first-order valence-corrected chi connectivity index (χ1v) is 7.26. The van der Waals surface area contributed by atoms with Crippen LogP contribution in [0.1, 0.15) is 5.69 Å². The zero-order chi connectivity index (χ0) is 13.5. The second-order valence-corrected chi connectivity index (χ2v) is 6.44. The minimum atomic E-state index is -3.72. The number of nitrogens with zero attached hydrogens (tertiary/aromatic N) is 4. The molecular weight excluding hydrogens is 254 g/mol. The molecule has 1 aromatic heterocycles. The summed E-state index contributed by atoms with van der Waals surface area (Å²) in [5, 5.41) is 8.91. The van der Waals surface area contributed by atoms with Crippen molar-refractivity contribution < 1.29 is 8.42 Å². The van der Waals surface area contributed by atoms with Crippen LogP contribution in [0.5, 0.6) is 0 Å². The number of hydrogen-bond acceptors (Lipinski definition) is 5. The van der Waals surface area contributed by atoms with E-state index in [1.54, 1.807) is 11.7 Å². The average Bonchev–Trinajstić information content (AvgIpc) is 2.55. The van der Waals surface area contributed by atoms with Gasteiger partial charge in [0.2, 0.25) is 0 Å². The van der Waals surface area contributed by atoms with Gasteiger partial charge < -0.3 is 4.90 Å². The van der Waals surface area contributed by atoms with E-state index < -0.39 is 10.0 Å². The van der Waals surface area contributed by atoms with E-state index >= 15 is 0 Å². The van der Waals surface area contributed by atoms with Gasteiger partial charge in [0.1, 0.15) is 0 Å². The van der Waals surface area contributed by atoms with Crippen LogP contribution in [-0.2, 0) is 23.6 Å². The predicted molar refractivity (Wildman–Crippen MR) is 67.3 cm³/mol. The van der Waals surface area contributed by atoms with Crippen molar-refractivity contribution >= 4 is 10.0 Å². The zero-order valence-corrected chi connectivity index (χ0v) is 11.7. The molecule has 0 radical (unpaired) electrons. The third-order valence-electron chi connectivity index (χ3n) is 3.33. The van der Waals surface area contributed by atoms with Crippen molar-refractivity contribution in [3.05, 3.63) is 11.8 Å². The number of likely N-dealkylation sites (tertiary alicyclic amines) is 1. The highest BCUT2D eigenvalue weighted by molar-refractivity contribution is 7.89. The summed E-state index contributed by atoms with van der Waals surface area (Å²) in [5.74, 6) is 0. The van der Waals surface area contributed by atoms with Gasteiger partial charge in [0.25, 0.3) is 10.0 Å². The number of nitrogens with two attached hydrogens (primary N) is 1. The number of aryl methyl sites for hydroxylation is 1. The molecule has 7 nitrogen and oxygen atoms in total. The minimum absolute atomic E-state index is 0.0703. The van der Waals surface area contributed by atoms with Crippen LogP contribution in [-0.4, -0.2) is 61.2 Å². The van der Waals surface area contributed by atoms with Crippen molar-refractivity contribution in [2.24, 2.45) is 12.2 Å². The van der Waals surface area contributed by atoms with E-state index in [1.165, 1.54) is 6.07 Å². The summed E-state index contributed by atoms with van der Waals surface area (Å²) >= 11 is 0. The van der Waals surface area contributed by atoms with Crippen LogP contribution in [0.4, 0.5) is 0 Å². The van der Waals surface area contributed by atoms with E-state index in [9.17, 15) is 8.42 Å². The molecule has 0 spiro atoms. The van der Waals surface area contributed by atoms with Crippen molar-refractivity contribution in [2.45, 2.75) is 17.6 Å². The number of sulfonamides is 1. The Morgan fingerprint density at radius 2 is 2.11 bits per heavy atom. The Labute approximate surface area is 107 Å². The minimum Gasteiger partial charge on any atom is -0.303 e. The fraction of sp³-hybridized carbons (Fsp3) is 0.700. The van der Waals surface area contributed by atoms with Gasteiger partial charge in [0.15, 0.2) is 5.03 Å². The molecule has 1 aliphatic rings. The summed E-state index contributed by atoms with van der Waals surface area (Å²) in [6, 6.07) is 2.05. The van der Waals surface area contributed by atoms with Crippen LogP contribution < -0.4 is 5.14 Å². The third kappa shape index (κ3) is 2.72. The van der Waals surface area contributed by atoms with E-state index in [4.69, 9.17) is 5.14 Å². The number of aromatic nitrogens is 2.